The van der Waals surface area contributed by atoms with E-state index in [0.29, 0.717) is 21.9 Å². The standard InChI is InChI=1S/C29H22F4N6O6/c1-14-9-23(43-3)35-13-19(14)39-22(29(31,32)33)6-5-16(28(39)41)25(40)37-15-10-17(30)26(36-12-15)45-20-7-8-34-18-11-21(42-2)27(44-4)38-24(18)20/h5-13H,1-4H3,(H,37,40). The van der Waals surface area contributed by atoms with Crippen molar-refractivity contribution in [2.24, 2.45) is 0 Å². The van der Waals surface area contributed by atoms with Crippen molar-refractivity contribution < 1.29 is 41.3 Å². The Bertz CT molecular complexity index is 2000. The Morgan fingerprint density at radius 2 is 1.69 bits per heavy atom. The highest BCUT2D eigenvalue weighted by molar-refractivity contribution is 6.04. The van der Waals surface area contributed by atoms with Gasteiger partial charge in [0.1, 0.15) is 16.8 Å². The van der Waals surface area contributed by atoms with Crippen LogP contribution in [0, 0.1) is 12.7 Å². The summed E-state index contributed by atoms with van der Waals surface area (Å²) >= 11 is 0. The quantitative estimate of drug-likeness (QED) is 0.231. The molecule has 45 heavy (non-hydrogen) atoms. The smallest absolute Gasteiger partial charge is 0.431 e. The zero-order valence-corrected chi connectivity index (χ0v) is 23.9. The van der Waals surface area contributed by atoms with Gasteiger partial charge in [0.25, 0.3) is 23.2 Å². The van der Waals surface area contributed by atoms with Crippen molar-refractivity contribution in [1.82, 2.24) is 24.5 Å². The predicted octanol–water partition coefficient (Wildman–Crippen LogP) is 5.11. The first kappa shape index (κ1) is 30.7. The number of hydrogen-bond donors (Lipinski definition) is 1. The van der Waals surface area contributed by atoms with E-state index in [2.05, 4.69) is 25.3 Å². The van der Waals surface area contributed by atoms with Crippen LogP contribution >= 0.6 is 0 Å². The Balaban J connectivity index is 1.45. The van der Waals surface area contributed by atoms with Gasteiger partial charge in [-0.25, -0.2) is 19.3 Å². The molecule has 232 valence electrons. The second-order valence-corrected chi connectivity index (χ2v) is 9.23. The molecule has 0 saturated heterocycles. The number of alkyl halides is 3. The van der Waals surface area contributed by atoms with Gasteiger partial charge in [0, 0.05) is 30.5 Å². The van der Waals surface area contributed by atoms with Crippen LogP contribution in [-0.4, -0.2) is 51.7 Å². The van der Waals surface area contributed by atoms with Crippen LogP contribution in [-0.2, 0) is 6.18 Å². The molecule has 5 heterocycles. The lowest BCUT2D eigenvalue weighted by molar-refractivity contribution is -0.142. The lowest BCUT2D eigenvalue weighted by atomic mass is 10.1. The first-order valence-electron chi connectivity index (χ1n) is 12.8. The Morgan fingerprint density at radius 1 is 0.911 bits per heavy atom. The highest BCUT2D eigenvalue weighted by Crippen LogP contribution is 2.35. The number of methoxy groups -OCH3 is 3. The second-order valence-electron chi connectivity index (χ2n) is 9.23. The largest absolute Gasteiger partial charge is 0.491 e. The monoisotopic (exact) mass is 626 g/mol. The van der Waals surface area contributed by atoms with Crippen molar-refractivity contribution in [1.29, 1.82) is 0 Å². The molecular weight excluding hydrogens is 604 g/mol. The molecule has 0 aliphatic heterocycles. The van der Waals surface area contributed by atoms with Gasteiger partial charge in [0.2, 0.25) is 5.88 Å². The minimum absolute atomic E-state index is 0.0813. The van der Waals surface area contributed by atoms with Crippen LogP contribution in [0.1, 0.15) is 21.6 Å². The zero-order valence-electron chi connectivity index (χ0n) is 23.9. The fourth-order valence-corrected chi connectivity index (χ4v) is 4.30. The molecule has 5 aromatic rings. The molecule has 5 rings (SSSR count). The summed E-state index contributed by atoms with van der Waals surface area (Å²) in [6.45, 7) is 1.45. The maximum absolute atomic E-state index is 15.1. The number of halogens is 4. The molecule has 0 bridgehead atoms. The van der Waals surface area contributed by atoms with Crippen molar-refractivity contribution in [3.05, 3.63) is 88.0 Å². The van der Waals surface area contributed by atoms with Gasteiger partial charge in [-0.15, -0.1) is 0 Å². The molecule has 12 nitrogen and oxygen atoms in total. The molecule has 1 amide bonds. The number of nitrogens with zero attached hydrogens (tertiary/aromatic N) is 5. The number of rotatable bonds is 8. The van der Waals surface area contributed by atoms with Crippen molar-refractivity contribution in [3.63, 3.8) is 0 Å². The van der Waals surface area contributed by atoms with E-state index in [-0.39, 0.29) is 40.0 Å². The van der Waals surface area contributed by atoms with Crippen LogP contribution in [0.5, 0.6) is 29.1 Å². The third-order valence-electron chi connectivity index (χ3n) is 6.42. The number of aryl methyl sites for hydroxylation is 1. The minimum Gasteiger partial charge on any atom is -0.491 e. The van der Waals surface area contributed by atoms with E-state index in [9.17, 15) is 22.8 Å². The van der Waals surface area contributed by atoms with Crippen molar-refractivity contribution in [2.45, 2.75) is 13.1 Å². The van der Waals surface area contributed by atoms with Crippen LogP contribution in [0.25, 0.3) is 16.7 Å². The molecule has 0 spiro atoms. The molecular formula is C29H22F4N6O6. The summed E-state index contributed by atoms with van der Waals surface area (Å²) in [5.74, 6) is -1.97. The molecule has 5 aromatic heterocycles. The average Bonchev–Trinajstić information content (AvgIpc) is 3.01. The maximum Gasteiger partial charge on any atom is 0.431 e. The molecule has 0 aliphatic rings. The highest BCUT2D eigenvalue weighted by atomic mass is 19.4. The number of aromatic nitrogens is 5. The first-order valence-corrected chi connectivity index (χ1v) is 12.8. The highest BCUT2D eigenvalue weighted by Gasteiger charge is 2.36. The van der Waals surface area contributed by atoms with Gasteiger partial charge in [-0.1, -0.05) is 0 Å². The summed E-state index contributed by atoms with van der Waals surface area (Å²) in [6, 6.07) is 6.50. The van der Waals surface area contributed by atoms with Crippen LogP contribution in [0.4, 0.5) is 23.2 Å². The van der Waals surface area contributed by atoms with Gasteiger partial charge >= 0.3 is 6.18 Å². The van der Waals surface area contributed by atoms with Gasteiger partial charge in [-0.05, 0) is 24.6 Å². The van der Waals surface area contributed by atoms with Gasteiger partial charge in [-0.3, -0.25) is 19.1 Å². The second kappa shape index (κ2) is 12.1. The van der Waals surface area contributed by atoms with E-state index in [1.54, 1.807) is 6.07 Å². The molecule has 1 N–H and O–H groups in total. The minimum atomic E-state index is -4.95. The van der Waals surface area contributed by atoms with Crippen molar-refractivity contribution in [2.75, 3.05) is 26.6 Å². The van der Waals surface area contributed by atoms with E-state index in [4.69, 9.17) is 18.9 Å². The SMILES string of the molecule is COc1cc(C)c(-n2c(C(F)(F)F)ccc(C(=O)Nc3cnc(Oc4ccnc5cc(OC)c(OC)nc45)c(F)c3)c2=O)cn1. The van der Waals surface area contributed by atoms with Gasteiger partial charge < -0.3 is 24.3 Å². The van der Waals surface area contributed by atoms with Gasteiger partial charge in [-0.2, -0.15) is 13.2 Å². The van der Waals surface area contributed by atoms with E-state index in [0.717, 1.165) is 24.5 Å². The fraction of sp³-hybridized carbons (Fsp3) is 0.172. The number of pyridine rings is 5. The predicted molar refractivity (Wildman–Crippen MR) is 151 cm³/mol. The lowest BCUT2D eigenvalue weighted by Gasteiger charge is -2.18. The van der Waals surface area contributed by atoms with E-state index >= 15 is 4.39 Å². The summed E-state index contributed by atoms with van der Waals surface area (Å²) in [5.41, 5.74) is -2.89. The van der Waals surface area contributed by atoms with Gasteiger partial charge in [0.05, 0.1) is 50.6 Å². The Kier molecular flexibility index (Phi) is 8.22. The number of ether oxygens (including phenoxy) is 4. The number of carbonyl (C=O) groups excluding carboxylic acids is 1. The van der Waals surface area contributed by atoms with E-state index in [1.807, 2.05) is 0 Å². The van der Waals surface area contributed by atoms with Crippen molar-refractivity contribution >= 4 is 22.6 Å². The van der Waals surface area contributed by atoms with Crippen LogP contribution in [0.3, 0.4) is 0 Å². The molecule has 0 atom stereocenters. The van der Waals surface area contributed by atoms with Crippen LogP contribution in [0.2, 0.25) is 0 Å². The number of hydrogen-bond acceptors (Lipinski definition) is 10. The third-order valence-corrected chi connectivity index (χ3v) is 6.42. The van der Waals surface area contributed by atoms with Crippen molar-refractivity contribution in [3.8, 4) is 34.8 Å². The third kappa shape index (κ3) is 6.02. The first-order chi connectivity index (χ1) is 21.4. The molecule has 0 unspecified atom stereocenters. The lowest BCUT2D eigenvalue weighted by Crippen LogP contribution is -2.33. The topological polar surface area (TPSA) is 140 Å². The summed E-state index contributed by atoms with van der Waals surface area (Å²) < 4.78 is 78.1. The molecule has 16 heteroatoms. The average molecular weight is 627 g/mol. The summed E-state index contributed by atoms with van der Waals surface area (Å²) in [4.78, 5) is 42.6. The van der Waals surface area contributed by atoms with E-state index < -0.39 is 40.6 Å². The molecule has 0 radical (unpaired) electrons. The Hall–Kier alpha value is -5.80. The number of fused-ring (bicyclic) bond motifs is 1. The van der Waals surface area contributed by atoms with Crippen LogP contribution < -0.4 is 29.8 Å². The summed E-state index contributed by atoms with van der Waals surface area (Å²) in [7, 11) is 4.14. The van der Waals surface area contributed by atoms with E-state index in [1.165, 1.54) is 46.6 Å². The van der Waals surface area contributed by atoms with Crippen LogP contribution in [0.15, 0.2) is 59.8 Å². The number of carbonyl (C=O) groups is 1. The number of anilines is 1. The number of nitrogens with one attached hydrogen (secondary N) is 1. The molecule has 0 aromatic carbocycles. The summed E-state index contributed by atoms with van der Waals surface area (Å²) in [6.07, 6.45) is -1.48. The molecule has 0 aliphatic carbocycles. The Morgan fingerprint density at radius 3 is 2.33 bits per heavy atom. The maximum atomic E-state index is 15.1. The zero-order chi connectivity index (χ0) is 32.5. The summed E-state index contributed by atoms with van der Waals surface area (Å²) in [5, 5.41) is 2.28. The molecule has 0 saturated carbocycles. The Labute approximate surface area is 251 Å². The normalized spacial score (nSPS) is 11.3. The number of amides is 1. The van der Waals surface area contributed by atoms with Gasteiger partial charge in [0.15, 0.2) is 17.3 Å². The molecule has 0 fully saturated rings. The fourth-order valence-electron chi connectivity index (χ4n) is 4.30.